The Bertz CT molecular complexity index is 553. The summed E-state index contributed by atoms with van der Waals surface area (Å²) >= 11 is 5.76. The zero-order valence-corrected chi connectivity index (χ0v) is 14.5. The lowest BCUT2D eigenvalue weighted by atomic mass is 9.85. The van der Waals surface area contributed by atoms with Gasteiger partial charge in [-0.3, -0.25) is 0 Å². The monoisotopic (exact) mass is 430 g/mol. The summed E-state index contributed by atoms with van der Waals surface area (Å²) in [6, 6.07) is 16.2. The highest BCUT2D eigenvalue weighted by Gasteiger charge is 2.27. The summed E-state index contributed by atoms with van der Waals surface area (Å²) in [7, 11) is 0. The maximum absolute atomic E-state index is 10.9. The van der Waals surface area contributed by atoms with Crippen molar-refractivity contribution in [1.29, 1.82) is 0 Å². The fourth-order valence-electron chi connectivity index (χ4n) is 2.15. The van der Waals surface area contributed by atoms with E-state index in [0.29, 0.717) is 12.8 Å². The zero-order valence-electron chi connectivity index (χ0n) is 10.7. The fraction of sp³-hybridized carbons (Fsp3) is 0.250. The standard InChI is InChI=1S/C16H16BrIO/c1-2-16(19,13-4-3-5-14(17)10-13)11-12-6-8-15(18)9-7-12/h3-10,19H,2,11H2,1H3. The molecule has 0 aliphatic rings. The molecule has 0 fully saturated rings. The van der Waals surface area contributed by atoms with Gasteiger partial charge in [-0.25, -0.2) is 0 Å². The first kappa shape index (κ1) is 15.0. The summed E-state index contributed by atoms with van der Waals surface area (Å²) in [5.74, 6) is 0. The van der Waals surface area contributed by atoms with E-state index in [1.807, 2.05) is 31.2 Å². The molecule has 0 heterocycles. The molecule has 1 atom stereocenters. The Morgan fingerprint density at radius 3 is 2.42 bits per heavy atom. The molecule has 0 aliphatic heterocycles. The van der Waals surface area contributed by atoms with Gasteiger partial charge >= 0.3 is 0 Å². The van der Waals surface area contributed by atoms with Crippen LogP contribution in [-0.4, -0.2) is 5.11 Å². The number of aliphatic hydroxyl groups is 1. The minimum Gasteiger partial charge on any atom is -0.385 e. The highest BCUT2D eigenvalue weighted by atomic mass is 127. The molecule has 0 radical (unpaired) electrons. The highest BCUT2D eigenvalue weighted by molar-refractivity contribution is 14.1. The van der Waals surface area contributed by atoms with Crippen LogP contribution in [0.3, 0.4) is 0 Å². The SMILES string of the molecule is CCC(O)(Cc1ccc(I)cc1)c1cccc(Br)c1. The van der Waals surface area contributed by atoms with Crippen molar-refractivity contribution in [1.82, 2.24) is 0 Å². The van der Waals surface area contributed by atoms with Gasteiger partial charge in [0.05, 0.1) is 5.60 Å². The Morgan fingerprint density at radius 1 is 1.16 bits per heavy atom. The van der Waals surface area contributed by atoms with Crippen LogP contribution in [0.25, 0.3) is 0 Å². The second kappa shape index (κ2) is 6.37. The molecule has 1 N–H and O–H groups in total. The van der Waals surface area contributed by atoms with E-state index in [9.17, 15) is 5.11 Å². The van der Waals surface area contributed by atoms with Gasteiger partial charge in [0.25, 0.3) is 0 Å². The van der Waals surface area contributed by atoms with Crippen molar-refractivity contribution in [3.8, 4) is 0 Å². The molecule has 19 heavy (non-hydrogen) atoms. The molecule has 100 valence electrons. The van der Waals surface area contributed by atoms with E-state index in [1.165, 1.54) is 3.57 Å². The van der Waals surface area contributed by atoms with Crippen molar-refractivity contribution < 1.29 is 5.11 Å². The van der Waals surface area contributed by atoms with E-state index >= 15 is 0 Å². The van der Waals surface area contributed by atoms with Gasteiger partial charge in [-0.05, 0) is 64.4 Å². The summed E-state index contributed by atoms with van der Waals surface area (Å²) in [4.78, 5) is 0. The molecule has 0 spiro atoms. The van der Waals surface area contributed by atoms with Crippen molar-refractivity contribution in [2.75, 3.05) is 0 Å². The van der Waals surface area contributed by atoms with E-state index < -0.39 is 5.60 Å². The normalized spacial score (nSPS) is 14.1. The molecule has 2 rings (SSSR count). The lowest BCUT2D eigenvalue weighted by molar-refractivity contribution is 0.0327. The van der Waals surface area contributed by atoms with Crippen molar-refractivity contribution in [2.45, 2.75) is 25.4 Å². The number of benzene rings is 2. The van der Waals surface area contributed by atoms with E-state index in [4.69, 9.17) is 0 Å². The number of halogens is 2. The third kappa shape index (κ3) is 3.80. The number of rotatable bonds is 4. The molecule has 2 aromatic carbocycles. The van der Waals surface area contributed by atoms with Crippen molar-refractivity contribution in [3.05, 3.63) is 67.7 Å². The first-order chi connectivity index (χ1) is 9.03. The zero-order chi connectivity index (χ0) is 13.9. The van der Waals surface area contributed by atoms with Crippen LogP contribution >= 0.6 is 38.5 Å². The van der Waals surface area contributed by atoms with Crippen LogP contribution in [0.1, 0.15) is 24.5 Å². The van der Waals surface area contributed by atoms with Gasteiger partial charge in [0.1, 0.15) is 0 Å². The van der Waals surface area contributed by atoms with Gasteiger partial charge in [-0.15, -0.1) is 0 Å². The molecule has 0 aliphatic carbocycles. The summed E-state index contributed by atoms with van der Waals surface area (Å²) in [6.07, 6.45) is 1.33. The summed E-state index contributed by atoms with van der Waals surface area (Å²) in [5.41, 5.74) is 1.31. The smallest absolute Gasteiger partial charge is 0.0934 e. The van der Waals surface area contributed by atoms with Crippen LogP contribution in [0, 0.1) is 3.57 Å². The van der Waals surface area contributed by atoms with E-state index in [2.05, 4.69) is 62.8 Å². The van der Waals surface area contributed by atoms with Crippen molar-refractivity contribution in [2.24, 2.45) is 0 Å². The van der Waals surface area contributed by atoms with Crippen LogP contribution in [0.4, 0.5) is 0 Å². The van der Waals surface area contributed by atoms with Gasteiger partial charge < -0.3 is 5.11 Å². The highest BCUT2D eigenvalue weighted by Crippen LogP contribution is 2.31. The molecule has 1 unspecified atom stereocenters. The third-order valence-electron chi connectivity index (χ3n) is 3.36. The predicted octanol–water partition coefficient (Wildman–Crippen LogP) is 4.89. The topological polar surface area (TPSA) is 20.2 Å². The second-order valence-electron chi connectivity index (χ2n) is 4.70. The Morgan fingerprint density at radius 2 is 1.84 bits per heavy atom. The van der Waals surface area contributed by atoms with Crippen molar-refractivity contribution in [3.63, 3.8) is 0 Å². The van der Waals surface area contributed by atoms with Gasteiger partial charge in [-0.1, -0.05) is 47.1 Å². The average molecular weight is 431 g/mol. The Balaban J connectivity index is 2.30. The third-order valence-corrected chi connectivity index (χ3v) is 4.57. The number of hydrogen-bond acceptors (Lipinski definition) is 1. The molecule has 0 amide bonds. The molecule has 0 aromatic heterocycles. The van der Waals surface area contributed by atoms with E-state index in [0.717, 1.165) is 15.6 Å². The number of hydrogen-bond donors (Lipinski definition) is 1. The Labute approximate surface area is 136 Å². The van der Waals surface area contributed by atoms with Gasteiger partial charge in [0, 0.05) is 14.5 Å². The molecule has 2 aromatic rings. The largest absolute Gasteiger partial charge is 0.385 e. The van der Waals surface area contributed by atoms with Crippen LogP contribution in [0.2, 0.25) is 0 Å². The average Bonchev–Trinajstić information content (AvgIpc) is 2.41. The molecule has 1 nitrogen and oxygen atoms in total. The van der Waals surface area contributed by atoms with Gasteiger partial charge in [0.15, 0.2) is 0 Å². The summed E-state index contributed by atoms with van der Waals surface area (Å²) in [6.45, 7) is 2.02. The van der Waals surface area contributed by atoms with Crippen LogP contribution < -0.4 is 0 Å². The van der Waals surface area contributed by atoms with E-state index in [-0.39, 0.29) is 0 Å². The van der Waals surface area contributed by atoms with Crippen molar-refractivity contribution >= 4 is 38.5 Å². The Kier molecular flexibility index (Phi) is 5.03. The van der Waals surface area contributed by atoms with Crippen LogP contribution in [-0.2, 0) is 12.0 Å². The summed E-state index contributed by atoms with van der Waals surface area (Å²) in [5, 5.41) is 10.9. The van der Waals surface area contributed by atoms with Crippen LogP contribution in [0.15, 0.2) is 53.0 Å². The molecular formula is C16H16BrIO. The van der Waals surface area contributed by atoms with E-state index in [1.54, 1.807) is 0 Å². The van der Waals surface area contributed by atoms with Gasteiger partial charge in [-0.2, -0.15) is 0 Å². The molecule has 0 saturated carbocycles. The maximum Gasteiger partial charge on any atom is 0.0934 e. The quantitative estimate of drug-likeness (QED) is 0.684. The first-order valence-electron chi connectivity index (χ1n) is 6.26. The van der Waals surface area contributed by atoms with Gasteiger partial charge in [0.2, 0.25) is 0 Å². The lowest BCUT2D eigenvalue weighted by Crippen LogP contribution is -2.27. The maximum atomic E-state index is 10.9. The first-order valence-corrected chi connectivity index (χ1v) is 8.13. The Hall–Kier alpha value is -0.390. The molecular weight excluding hydrogens is 415 g/mol. The minimum absolute atomic E-state index is 0.636. The molecule has 3 heteroatoms. The molecule has 0 saturated heterocycles. The molecule has 0 bridgehead atoms. The minimum atomic E-state index is -0.809. The fourth-order valence-corrected chi connectivity index (χ4v) is 2.91. The lowest BCUT2D eigenvalue weighted by Gasteiger charge is -2.28. The van der Waals surface area contributed by atoms with Crippen LogP contribution in [0.5, 0.6) is 0 Å². The predicted molar refractivity (Wildman–Crippen MR) is 91.2 cm³/mol. The second-order valence-corrected chi connectivity index (χ2v) is 6.86. The summed E-state index contributed by atoms with van der Waals surface area (Å²) < 4.78 is 2.21.